The lowest BCUT2D eigenvalue weighted by Crippen LogP contribution is -2.61. The van der Waals surface area contributed by atoms with Crippen molar-refractivity contribution in [2.45, 2.75) is 57.9 Å². The molecule has 1 atom stereocenters. The van der Waals surface area contributed by atoms with Gasteiger partial charge in [0.05, 0.1) is 12.1 Å². The standard InChI is InChI=1S/C14H25N3/c1-13(2)7-3-4-8-14(13)10-16-12(15)17(14)9-11-5-6-11/h11H,3-10H2,1-2H3,(H2,15,16). The normalized spacial score (nSPS) is 36.4. The predicted octanol–water partition coefficient (Wildman–Crippen LogP) is 2.37. The molecular formula is C14H25N3. The lowest BCUT2D eigenvalue weighted by atomic mass is 9.62. The van der Waals surface area contributed by atoms with Crippen LogP contribution in [0.2, 0.25) is 0 Å². The Bertz CT molecular complexity index is 343. The van der Waals surface area contributed by atoms with Gasteiger partial charge < -0.3 is 10.6 Å². The van der Waals surface area contributed by atoms with Gasteiger partial charge in [0.15, 0.2) is 5.96 Å². The fourth-order valence-corrected chi connectivity index (χ4v) is 3.78. The molecule has 17 heavy (non-hydrogen) atoms. The van der Waals surface area contributed by atoms with Crippen LogP contribution >= 0.6 is 0 Å². The van der Waals surface area contributed by atoms with E-state index in [-0.39, 0.29) is 5.54 Å². The third-order valence-electron chi connectivity index (χ3n) is 5.34. The van der Waals surface area contributed by atoms with Crippen molar-refractivity contribution >= 4 is 5.96 Å². The summed E-state index contributed by atoms with van der Waals surface area (Å²) in [5.41, 5.74) is 6.74. The van der Waals surface area contributed by atoms with Crippen molar-refractivity contribution in [3.8, 4) is 0 Å². The minimum absolute atomic E-state index is 0.234. The Morgan fingerprint density at radius 1 is 1.29 bits per heavy atom. The number of aliphatic imine (C=N–C) groups is 1. The van der Waals surface area contributed by atoms with Crippen LogP contribution in [0.1, 0.15) is 52.4 Å². The van der Waals surface area contributed by atoms with E-state index >= 15 is 0 Å². The summed E-state index contributed by atoms with van der Waals surface area (Å²) in [7, 11) is 0. The Morgan fingerprint density at radius 3 is 2.65 bits per heavy atom. The molecular weight excluding hydrogens is 210 g/mol. The molecule has 0 aromatic carbocycles. The fraction of sp³-hybridized carbons (Fsp3) is 0.929. The highest BCUT2D eigenvalue weighted by molar-refractivity contribution is 5.81. The topological polar surface area (TPSA) is 41.6 Å². The first kappa shape index (κ1) is 11.4. The zero-order chi connectivity index (χ0) is 12.1. The van der Waals surface area contributed by atoms with E-state index in [1.807, 2.05) is 0 Å². The summed E-state index contributed by atoms with van der Waals surface area (Å²) in [5, 5.41) is 0. The van der Waals surface area contributed by atoms with E-state index in [0.717, 1.165) is 25.0 Å². The molecule has 1 unspecified atom stereocenters. The smallest absolute Gasteiger partial charge is 0.191 e. The molecule has 0 bridgehead atoms. The molecule has 0 saturated heterocycles. The van der Waals surface area contributed by atoms with Gasteiger partial charge in [0.1, 0.15) is 0 Å². The lowest BCUT2D eigenvalue weighted by Gasteiger charge is -2.53. The van der Waals surface area contributed by atoms with Gasteiger partial charge in [0.25, 0.3) is 0 Å². The first-order valence-corrected chi connectivity index (χ1v) is 7.13. The van der Waals surface area contributed by atoms with Crippen molar-refractivity contribution < 1.29 is 0 Å². The molecule has 2 N–H and O–H groups in total. The second-order valence-electron chi connectivity index (χ2n) is 6.85. The molecule has 3 heteroatoms. The van der Waals surface area contributed by atoms with Crippen LogP contribution in [-0.4, -0.2) is 29.5 Å². The highest BCUT2D eigenvalue weighted by Gasteiger charge is 2.54. The van der Waals surface area contributed by atoms with E-state index < -0.39 is 0 Å². The highest BCUT2D eigenvalue weighted by atomic mass is 15.4. The molecule has 1 spiro atoms. The van der Waals surface area contributed by atoms with Gasteiger partial charge >= 0.3 is 0 Å². The van der Waals surface area contributed by atoms with E-state index in [1.54, 1.807) is 0 Å². The molecule has 0 aromatic heterocycles. The zero-order valence-corrected chi connectivity index (χ0v) is 11.2. The van der Waals surface area contributed by atoms with E-state index in [1.165, 1.54) is 38.5 Å². The van der Waals surface area contributed by atoms with Crippen molar-refractivity contribution in [3.05, 3.63) is 0 Å². The number of hydrogen-bond acceptors (Lipinski definition) is 3. The van der Waals surface area contributed by atoms with Gasteiger partial charge in [-0.1, -0.05) is 26.7 Å². The summed E-state index contributed by atoms with van der Waals surface area (Å²) < 4.78 is 0. The van der Waals surface area contributed by atoms with E-state index in [9.17, 15) is 0 Å². The minimum atomic E-state index is 0.234. The molecule has 0 radical (unpaired) electrons. The SMILES string of the molecule is CC1(C)CCCCC12CN=C(N)N2CC1CC1. The summed E-state index contributed by atoms with van der Waals surface area (Å²) in [6, 6.07) is 0. The van der Waals surface area contributed by atoms with Crippen molar-refractivity contribution in [1.29, 1.82) is 0 Å². The molecule has 1 heterocycles. The molecule has 96 valence electrons. The van der Waals surface area contributed by atoms with Gasteiger partial charge in [0.2, 0.25) is 0 Å². The first-order valence-electron chi connectivity index (χ1n) is 7.13. The number of rotatable bonds is 2. The van der Waals surface area contributed by atoms with Crippen LogP contribution in [0.15, 0.2) is 4.99 Å². The summed E-state index contributed by atoms with van der Waals surface area (Å²) in [4.78, 5) is 7.07. The van der Waals surface area contributed by atoms with Gasteiger partial charge in [-0.05, 0) is 37.0 Å². The Morgan fingerprint density at radius 2 is 2.00 bits per heavy atom. The number of nitrogens with two attached hydrogens (primary N) is 1. The Balaban J connectivity index is 1.88. The Hall–Kier alpha value is -0.730. The van der Waals surface area contributed by atoms with Crippen LogP contribution in [0, 0.1) is 11.3 Å². The molecule has 2 fully saturated rings. The molecule has 3 rings (SSSR count). The molecule has 2 saturated carbocycles. The van der Waals surface area contributed by atoms with E-state index in [0.29, 0.717) is 5.41 Å². The second kappa shape index (κ2) is 3.63. The predicted molar refractivity (Wildman–Crippen MR) is 70.9 cm³/mol. The van der Waals surface area contributed by atoms with Gasteiger partial charge in [-0.25, -0.2) is 0 Å². The highest BCUT2D eigenvalue weighted by Crippen LogP contribution is 2.50. The lowest BCUT2D eigenvalue weighted by molar-refractivity contribution is 0.00717. The number of guanidine groups is 1. The maximum Gasteiger partial charge on any atom is 0.191 e. The zero-order valence-electron chi connectivity index (χ0n) is 11.2. The summed E-state index contributed by atoms with van der Waals surface area (Å²) in [5.74, 6) is 1.70. The average molecular weight is 235 g/mol. The molecule has 0 amide bonds. The van der Waals surface area contributed by atoms with Gasteiger partial charge in [0, 0.05) is 6.54 Å². The summed E-state index contributed by atoms with van der Waals surface area (Å²) >= 11 is 0. The van der Waals surface area contributed by atoms with Crippen LogP contribution in [0.5, 0.6) is 0 Å². The van der Waals surface area contributed by atoms with Crippen molar-refractivity contribution in [2.24, 2.45) is 22.1 Å². The van der Waals surface area contributed by atoms with Crippen molar-refractivity contribution in [2.75, 3.05) is 13.1 Å². The maximum atomic E-state index is 6.16. The monoisotopic (exact) mass is 235 g/mol. The third-order valence-corrected chi connectivity index (χ3v) is 5.34. The molecule has 0 aromatic rings. The maximum absolute atomic E-state index is 6.16. The van der Waals surface area contributed by atoms with Crippen LogP contribution in [0.4, 0.5) is 0 Å². The quantitative estimate of drug-likeness (QED) is 0.798. The van der Waals surface area contributed by atoms with Crippen molar-refractivity contribution in [3.63, 3.8) is 0 Å². The fourth-order valence-electron chi connectivity index (χ4n) is 3.78. The molecule has 3 nitrogen and oxygen atoms in total. The largest absolute Gasteiger partial charge is 0.370 e. The van der Waals surface area contributed by atoms with E-state index in [2.05, 4.69) is 23.7 Å². The summed E-state index contributed by atoms with van der Waals surface area (Å²) in [6.45, 7) is 6.91. The Labute approximate surface area is 104 Å². The number of nitrogens with zero attached hydrogens (tertiary/aromatic N) is 2. The van der Waals surface area contributed by atoms with Crippen LogP contribution in [0.3, 0.4) is 0 Å². The van der Waals surface area contributed by atoms with Gasteiger partial charge in [-0.15, -0.1) is 0 Å². The number of hydrogen-bond donors (Lipinski definition) is 1. The summed E-state index contributed by atoms with van der Waals surface area (Å²) in [6.07, 6.45) is 8.08. The van der Waals surface area contributed by atoms with Gasteiger partial charge in [-0.3, -0.25) is 4.99 Å². The molecule has 3 aliphatic rings. The minimum Gasteiger partial charge on any atom is -0.370 e. The van der Waals surface area contributed by atoms with Crippen molar-refractivity contribution in [1.82, 2.24) is 4.90 Å². The third kappa shape index (κ3) is 1.66. The van der Waals surface area contributed by atoms with Crippen LogP contribution in [0.25, 0.3) is 0 Å². The van der Waals surface area contributed by atoms with Crippen LogP contribution in [-0.2, 0) is 0 Å². The second-order valence-corrected chi connectivity index (χ2v) is 6.85. The van der Waals surface area contributed by atoms with Crippen LogP contribution < -0.4 is 5.73 Å². The average Bonchev–Trinajstić information content (AvgIpc) is 3.03. The molecule has 2 aliphatic carbocycles. The Kier molecular flexibility index (Phi) is 2.43. The van der Waals surface area contributed by atoms with E-state index in [4.69, 9.17) is 5.73 Å². The van der Waals surface area contributed by atoms with Gasteiger partial charge in [-0.2, -0.15) is 0 Å². The first-order chi connectivity index (χ1) is 8.05. The molecule has 1 aliphatic heterocycles.